The molecule has 2 rings (SSSR count). The van der Waals surface area contributed by atoms with Gasteiger partial charge in [-0.2, -0.15) is 13.2 Å². The molecule has 0 aliphatic heterocycles. The standard InChI is InChI=1S/C18H21F3N2.C7H16.2C2H6.CH2O/c1-3-5-12-8-10-13(11-9-12)17(2,23)14-6-4-7-15(16(14)22)18(19,20)21;1-4-5-6-7(2)3;3*1-2/h4,6-11H,3,5,22-23H2,1-2H3;7H,4-6H2,1-3H3;2*1-2H3;1H2. The molecule has 208 valence electrons. The SMILES string of the molecule is C=O.CC.CC.CCCCC(C)C.CCCc1ccc(C(C)(N)c2cccc(C(F)(F)F)c2N)cc1. The highest BCUT2D eigenvalue weighted by Gasteiger charge is 2.36. The maximum Gasteiger partial charge on any atom is 0.418 e. The number of anilines is 1. The van der Waals surface area contributed by atoms with E-state index in [1.165, 1.54) is 30.9 Å². The predicted molar refractivity (Wildman–Crippen MR) is 151 cm³/mol. The van der Waals surface area contributed by atoms with Gasteiger partial charge in [0.15, 0.2) is 0 Å². The second-order valence-corrected chi connectivity index (χ2v) is 8.45. The summed E-state index contributed by atoms with van der Waals surface area (Å²) < 4.78 is 39.1. The number of alkyl halides is 3. The van der Waals surface area contributed by atoms with Crippen LogP contribution in [0.5, 0.6) is 0 Å². The second kappa shape index (κ2) is 20.8. The number of unbranched alkanes of at least 4 members (excludes halogenated alkanes) is 1. The van der Waals surface area contributed by atoms with E-state index in [0.717, 1.165) is 30.4 Å². The fraction of sp³-hybridized carbons (Fsp3) is 0.567. The molecule has 0 amide bonds. The van der Waals surface area contributed by atoms with Gasteiger partial charge in [0.2, 0.25) is 0 Å². The number of benzene rings is 2. The molecule has 0 saturated carbocycles. The summed E-state index contributed by atoms with van der Waals surface area (Å²) in [5, 5.41) is 0. The number of carbonyl (C=O) groups excluding carboxylic acids is 1. The first-order valence-electron chi connectivity index (χ1n) is 13.1. The van der Waals surface area contributed by atoms with Crippen molar-refractivity contribution >= 4 is 12.5 Å². The molecule has 2 aromatic carbocycles. The van der Waals surface area contributed by atoms with Crippen molar-refractivity contribution in [2.24, 2.45) is 11.7 Å². The summed E-state index contributed by atoms with van der Waals surface area (Å²) >= 11 is 0. The molecule has 36 heavy (non-hydrogen) atoms. The first-order chi connectivity index (χ1) is 16.9. The second-order valence-electron chi connectivity index (χ2n) is 8.45. The third-order valence-electron chi connectivity index (χ3n) is 5.20. The van der Waals surface area contributed by atoms with Crippen molar-refractivity contribution in [2.75, 3.05) is 5.73 Å². The molecule has 3 nitrogen and oxygen atoms in total. The number of aryl methyl sites for hydroxylation is 1. The van der Waals surface area contributed by atoms with Crippen LogP contribution >= 0.6 is 0 Å². The largest absolute Gasteiger partial charge is 0.418 e. The lowest BCUT2D eigenvalue weighted by Gasteiger charge is -2.29. The first kappa shape index (κ1) is 38.2. The van der Waals surface area contributed by atoms with E-state index >= 15 is 0 Å². The Morgan fingerprint density at radius 3 is 1.69 bits per heavy atom. The summed E-state index contributed by atoms with van der Waals surface area (Å²) in [7, 11) is 0. The number of halogens is 3. The number of para-hydroxylation sites is 1. The van der Waals surface area contributed by atoms with Crippen LogP contribution in [0.4, 0.5) is 18.9 Å². The molecular weight excluding hydrogens is 461 g/mol. The summed E-state index contributed by atoms with van der Waals surface area (Å²) in [5.74, 6) is 0.903. The van der Waals surface area contributed by atoms with E-state index < -0.39 is 17.3 Å². The van der Waals surface area contributed by atoms with Gasteiger partial charge in [-0.25, -0.2) is 0 Å². The van der Waals surface area contributed by atoms with E-state index in [4.69, 9.17) is 16.3 Å². The minimum atomic E-state index is -4.50. The summed E-state index contributed by atoms with van der Waals surface area (Å²) in [4.78, 5) is 8.00. The fourth-order valence-corrected chi connectivity index (χ4v) is 3.34. The Bertz CT molecular complexity index is 786. The molecule has 4 N–H and O–H groups in total. The molecule has 0 bridgehead atoms. The molecule has 0 heterocycles. The van der Waals surface area contributed by atoms with Crippen molar-refractivity contribution in [1.29, 1.82) is 0 Å². The predicted octanol–water partition coefficient (Wildman–Crippen LogP) is 9.16. The lowest BCUT2D eigenvalue weighted by atomic mass is 9.83. The molecule has 6 heteroatoms. The fourth-order valence-electron chi connectivity index (χ4n) is 3.34. The topological polar surface area (TPSA) is 69.1 Å². The third-order valence-corrected chi connectivity index (χ3v) is 5.20. The van der Waals surface area contributed by atoms with Gasteiger partial charge in [-0.05, 0) is 42.0 Å². The van der Waals surface area contributed by atoms with Gasteiger partial charge in [0.1, 0.15) is 6.79 Å². The number of hydrogen-bond acceptors (Lipinski definition) is 3. The molecule has 0 saturated heterocycles. The number of carbonyl (C=O) groups is 1. The van der Waals surface area contributed by atoms with Crippen molar-refractivity contribution in [3.05, 3.63) is 64.7 Å². The third kappa shape index (κ3) is 13.7. The van der Waals surface area contributed by atoms with Gasteiger partial charge in [0, 0.05) is 5.69 Å². The molecule has 0 aromatic heterocycles. The zero-order valence-corrected chi connectivity index (χ0v) is 24.1. The first-order valence-corrected chi connectivity index (χ1v) is 13.1. The summed E-state index contributed by atoms with van der Waals surface area (Å²) in [6.45, 7) is 20.5. The molecule has 2 aromatic rings. The maximum absolute atomic E-state index is 13.0. The van der Waals surface area contributed by atoms with Crippen molar-refractivity contribution < 1.29 is 18.0 Å². The van der Waals surface area contributed by atoms with Gasteiger partial charge in [-0.15, -0.1) is 0 Å². The zero-order valence-electron chi connectivity index (χ0n) is 24.1. The van der Waals surface area contributed by atoms with Crippen LogP contribution in [0.25, 0.3) is 0 Å². The Morgan fingerprint density at radius 2 is 1.33 bits per heavy atom. The Morgan fingerprint density at radius 1 is 0.861 bits per heavy atom. The van der Waals surface area contributed by atoms with E-state index in [0.29, 0.717) is 0 Å². The van der Waals surface area contributed by atoms with Crippen LogP contribution in [-0.4, -0.2) is 6.79 Å². The number of rotatable bonds is 7. The average molecular weight is 513 g/mol. The normalized spacial score (nSPS) is 11.7. The summed E-state index contributed by atoms with van der Waals surface area (Å²) in [5.41, 5.74) is 12.0. The van der Waals surface area contributed by atoms with Crippen LogP contribution < -0.4 is 11.5 Å². The molecule has 0 spiro atoms. The molecule has 0 aliphatic rings. The lowest BCUT2D eigenvalue weighted by Crippen LogP contribution is -2.35. The quantitative estimate of drug-likeness (QED) is 0.363. The molecule has 1 atom stereocenters. The van der Waals surface area contributed by atoms with Crippen molar-refractivity contribution in [1.82, 2.24) is 0 Å². The highest BCUT2D eigenvalue weighted by molar-refractivity contribution is 5.60. The molecule has 0 radical (unpaired) electrons. The van der Waals surface area contributed by atoms with Gasteiger partial charge in [0.25, 0.3) is 0 Å². The van der Waals surface area contributed by atoms with Crippen LogP contribution in [0.1, 0.15) is 110 Å². The Balaban J connectivity index is -0.000000707. The van der Waals surface area contributed by atoms with E-state index in [2.05, 4.69) is 27.7 Å². The number of nitrogens with two attached hydrogens (primary N) is 2. The van der Waals surface area contributed by atoms with Gasteiger partial charge >= 0.3 is 6.18 Å². The van der Waals surface area contributed by atoms with Crippen molar-refractivity contribution in [2.45, 2.75) is 106 Å². The lowest BCUT2D eigenvalue weighted by molar-refractivity contribution is -0.137. The number of nitrogen functional groups attached to an aromatic ring is 1. The number of hydrogen-bond donors (Lipinski definition) is 2. The minimum Gasteiger partial charge on any atom is -0.398 e. The highest BCUT2D eigenvalue weighted by Crippen LogP contribution is 2.39. The Hall–Kier alpha value is -2.34. The van der Waals surface area contributed by atoms with Gasteiger partial charge in [-0.3, -0.25) is 0 Å². The van der Waals surface area contributed by atoms with Crippen LogP contribution in [0, 0.1) is 5.92 Å². The smallest absolute Gasteiger partial charge is 0.398 e. The summed E-state index contributed by atoms with van der Waals surface area (Å²) in [6, 6.07) is 11.5. The van der Waals surface area contributed by atoms with Crippen molar-refractivity contribution in [3.8, 4) is 0 Å². The van der Waals surface area contributed by atoms with E-state index in [1.807, 2.05) is 58.7 Å². The van der Waals surface area contributed by atoms with E-state index in [1.54, 1.807) is 13.0 Å². The van der Waals surface area contributed by atoms with Crippen LogP contribution in [-0.2, 0) is 22.9 Å². The van der Waals surface area contributed by atoms with Gasteiger partial charge < -0.3 is 16.3 Å². The average Bonchev–Trinajstić information content (AvgIpc) is 2.86. The molecule has 0 aliphatic carbocycles. The van der Waals surface area contributed by atoms with Gasteiger partial charge in [-0.1, -0.05) is 117 Å². The van der Waals surface area contributed by atoms with Crippen LogP contribution in [0.15, 0.2) is 42.5 Å². The summed E-state index contributed by atoms with van der Waals surface area (Å²) in [6.07, 6.45) is 1.63. The Labute approximate surface area is 218 Å². The van der Waals surface area contributed by atoms with Crippen LogP contribution in [0.2, 0.25) is 0 Å². The minimum absolute atomic E-state index is 0.274. The molecular formula is C30H51F3N2O. The Kier molecular flexibility index (Phi) is 22.1. The van der Waals surface area contributed by atoms with E-state index in [9.17, 15) is 13.2 Å². The molecule has 1 unspecified atom stereocenters. The van der Waals surface area contributed by atoms with Crippen LogP contribution in [0.3, 0.4) is 0 Å². The highest BCUT2D eigenvalue weighted by atomic mass is 19.4. The van der Waals surface area contributed by atoms with Gasteiger partial charge in [0.05, 0.1) is 11.1 Å². The monoisotopic (exact) mass is 512 g/mol. The molecule has 0 fully saturated rings. The van der Waals surface area contributed by atoms with E-state index in [-0.39, 0.29) is 11.3 Å². The van der Waals surface area contributed by atoms with Crippen molar-refractivity contribution in [3.63, 3.8) is 0 Å². The zero-order chi connectivity index (χ0) is 28.9. The maximum atomic E-state index is 13.0.